The molecule has 0 spiro atoms. The number of nitrogens with zero attached hydrogens (tertiary/aromatic N) is 1. The van der Waals surface area contributed by atoms with Crippen LogP contribution in [0.4, 0.5) is 17.1 Å². The van der Waals surface area contributed by atoms with Crippen molar-refractivity contribution in [1.29, 1.82) is 0 Å². The van der Waals surface area contributed by atoms with E-state index in [1.54, 1.807) is 0 Å². The molecule has 11 rings (SSSR count). The van der Waals surface area contributed by atoms with E-state index in [0.29, 0.717) is 0 Å². The summed E-state index contributed by atoms with van der Waals surface area (Å²) < 4.78 is 2.61. The minimum atomic E-state index is -0.115. The van der Waals surface area contributed by atoms with Gasteiger partial charge in [-0.3, -0.25) is 0 Å². The van der Waals surface area contributed by atoms with Crippen LogP contribution in [-0.4, -0.2) is 0 Å². The molecule has 1 aromatic heterocycles. The number of hydrogen-bond donors (Lipinski definition) is 0. The number of rotatable bonds is 7. The van der Waals surface area contributed by atoms with E-state index in [1.807, 2.05) is 11.3 Å². The molecule has 1 aliphatic rings. The average Bonchev–Trinajstić information content (AvgIpc) is 3.79. The number of benzene rings is 9. The van der Waals surface area contributed by atoms with Crippen LogP contribution in [0.5, 0.6) is 0 Å². The lowest BCUT2D eigenvalue weighted by atomic mass is 9.82. The molecule has 2 heteroatoms. The van der Waals surface area contributed by atoms with Crippen molar-refractivity contribution in [1.82, 2.24) is 0 Å². The predicted octanol–water partition coefficient (Wildman–Crippen LogP) is 16.5. The van der Waals surface area contributed by atoms with Gasteiger partial charge in [0.15, 0.2) is 0 Å². The van der Waals surface area contributed by atoms with E-state index < -0.39 is 0 Å². The summed E-state index contributed by atoms with van der Waals surface area (Å²) in [5.74, 6) is 0. The van der Waals surface area contributed by atoms with Crippen molar-refractivity contribution in [3.63, 3.8) is 0 Å². The number of fused-ring (bicyclic) bond motifs is 6. The maximum atomic E-state index is 2.43. The maximum absolute atomic E-state index is 2.43. The smallest absolute Gasteiger partial charge is 0.0467 e. The third kappa shape index (κ3) is 5.99. The highest BCUT2D eigenvalue weighted by atomic mass is 32.1. The zero-order valence-corrected chi connectivity index (χ0v) is 33.9. The first-order valence-electron chi connectivity index (χ1n) is 20.4. The second-order valence-electron chi connectivity index (χ2n) is 16.1. The zero-order valence-electron chi connectivity index (χ0n) is 33.1. The SMILES string of the molecule is CC1(C)c2ccccc2-c2ccc(N(c3ccc(-c4ccccc4)cc3)c3cccc(-c4ccc5sc6ccccc6c5c4-c4ccc(-c5ccccc5)cc4)c3)cc21. The Morgan fingerprint density at radius 1 is 0.356 bits per heavy atom. The highest BCUT2D eigenvalue weighted by molar-refractivity contribution is 7.26. The molecular weight excluding hydrogens is 731 g/mol. The molecule has 10 aromatic rings. The van der Waals surface area contributed by atoms with Crippen LogP contribution in [0.15, 0.2) is 212 Å². The standard InChI is InChI=1S/C57H41NS/c1-57(2)51-22-11-9-20-48(51)49-33-32-46(37-52(49)57)58(44-30-28-41(29-31-44)39-16-7-4-8-17-39)45-19-13-18-43(36-45)47-34-35-54-56(50-21-10-12-23-53(50)59-54)55(47)42-26-24-40(25-27-42)38-14-5-3-6-15-38/h3-37H,1-2H3. The fraction of sp³-hybridized carbons (Fsp3) is 0.0526. The molecular formula is C57H41NS. The largest absolute Gasteiger partial charge is 0.310 e. The molecule has 9 aromatic carbocycles. The van der Waals surface area contributed by atoms with Gasteiger partial charge in [-0.25, -0.2) is 0 Å². The molecule has 59 heavy (non-hydrogen) atoms. The summed E-state index contributed by atoms with van der Waals surface area (Å²) in [5, 5.41) is 2.62. The molecule has 0 saturated carbocycles. The summed E-state index contributed by atoms with van der Waals surface area (Å²) in [5.41, 5.74) is 18.4. The first kappa shape index (κ1) is 35.2. The van der Waals surface area contributed by atoms with Gasteiger partial charge in [0.1, 0.15) is 0 Å². The lowest BCUT2D eigenvalue weighted by Gasteiger charge is -2.29. The highest BCUT2D eigenvalue weighted by Gasteiger charge is 2.35. The molecule has 0 radical (unpaired) electrons. The van der Waals surface area contributed by atoms with Crippen LogP contribution in [0.25, 0.3) is 75.8 Å². The topological polar surface area (TPSA) is 3.24 Å². The average molecular weight is 772 g/mol. The summed E-state index contributed by atoms with van der Waals surface area (Å²) in [6.45, 7) is 4.72. The summed E-state index contributed by atoms with van der Waals surface area (Å²) >= 11 is 1.87. The van der Waals surface area contributed by atoms with Gasteiger partial charge in [0.25, 0.3) is 0 Å². The molecule has 0 amide bonds. The molecule has 0 atom stereocenters. The zero-order chi connectivity index (χ0) is 39.5. The molecule has 0 saturated heterocycles. The van der Waals surface area contributed by atoms with Gasteiger partial charge < -0.3 is 4.90 Å². The molecule has 0 aliphatic heterocycles. The van der Waals surface area contributed by atoms with Crippen LogP contribution in [0.3, 0.4) is 0 Å². The molecule has 1 nitrogen and oxygen atoms in total. The Labute approximate surface area is 350 Å². The van der Waals surface area contributed by atoms with E-state index in [1.165, 1.54) is 86.9 Å². The van der Waals surface area contributed by atoms with Gasteiger partial charge >= 0.3 is 0 Å². The Hall–Kier alpha value is -7.00. The number of thiophene rings is 1. The monoisotopic (exact) mass is 771 g/mol. The third-order valence-corrected chi connectivity index (χ3v) is 13.4. The summed E-state index contributed by atoms with van der Waals surface area (Å²) in [7, 11) is 0. The van der Waals surface area contributed by atoms with Crippen molar-refractivity contribution in [2.75, 3.05) is 4.90 Å². The normalized spacial score (nSPS) is 12.7. The minimum Gasteiger partial charge on any atom is -0.310 e. The van der Waals surface area contributed by atoms with Gasteiger partial charge in [-0.1, -0.05) is 178 Å². The predicted molar refractivity (Wildman–Crippen MR) is 253 cm³/mol. The minimum absolute atomic E-state index is 0.115. The second-order valence-corrected chi connectivity index (χ2v) is 17.2. The Morgan fingerprint density at radius 3 is 1.64 bits per heavy atom. The van der Waals surface area contributed by atoms with Crippen LogP contribution in [0.2, 0.25) is 0 Å². The Kier molecular flexibility index (Phi) is 8.43. The molecule has 0 unspecified atom stereocenters. The van der Waals surface area contributed by atoms with Crippen LogP contribution in [0, 0.1) is 0 Å². The lowest BCUT2D eigenvalue weighted by Crippen LogP contribution is -2.16. The summed E-state index contributed by atoms with van der Waals surface area (Å²) in [6, 6.07) is 78.1. The quantitative estimate of drug-likeness (QED) is 0.156. The van der Waals surface area contributed by atoms with Gasteiger partial charge in [0.05, 0.1) is 0 Å². The number of hydrogen-bond acceptors (Lipinski definition) is 2. The van der Waals surface area contributed by atoms with Gasteiger partial charge in [-0.05, 0) is 115 Å². The van der Waals surface area contributed by atoms with E-state index in [0.717, 1.165) is 17.1 Å². The van der Waals surface area contributed by atoms with Gasteiger partial charge in [0.2, 0.25) is 0 Å². The van der Waals surface area contributed by atoms with Gasteiger partial charge in [-0.15, -0.1) is 11.3 Å². The van der Waals surface area contributed by atoms with Gasteiger partial charge in [-0.2, -0.15) is 0 Å². The van der Waals surface area contributed by atoms with E-state index in [-0.39, 0.29) is 5.41 Å². The van der Waals surface area contributed by atoms with Crippen LogP contribution < -0.4 is 4.90 Å². The van der Waals surface area contributed by atoms with E-state index in [2.05, 4.69) is 231 Å². The second kappa shape index (κ2) is 14.1. The van der Waals surface area contributed by atoms with E-state index >= 15 is 0 Å². The number of anilines is 3. The highest BCUT2D eigenvalue weighted by Crippen LogP contribution is 2.51. The molecule has 280 valence electrons. The lowest BCUT2D eigenvalue weighted by molar-refractivity contribution is 0.660. The Morgan fingerprint density at radius 2 is 0.898 bits per heavy atom. The van der Waals surface area contributed by atoms with Crippen molar-refractivity contribution in [3.05, 3.63) is 223 Å². The Bertz CT molecular complexity index is 3160. The third-order valence-electron chi connectivity index (χ3n) is 12.3. The molecule has 0 bridgehead atoms. The molecule has 0 fully saturated rings. The van der Waals surface area contributed by atoms with E-state index in [4.69, 9.17) is 0 Å². The van der Waals surface area contributed by atoms with Crippen molar-refractivity contribution in [2.45, 2.75) is 19.3 Å². The van der Waals surface area contributed by atoms with Crippen molar-refractivity contribution in [2.24, 2.45) is 0 Å². The van der Waals surface area contributed by atoms with Crippen molar-refractivity contribution < 1.29 is 0 Å². The summed E-state index contributed by atoms with van der Waals surface area (Å²) in [4.78, 5) is 2.43. The first-order valence-corrected chi connectivity index (χ1v) is 21.2. The van der Waals surface area contributed by atoms with Crippen molar-refractivity contribution >= 4 is 48.6 Å². The Balaban J connectivity index is 1.09. The van der Waals surface area contributed by atoms with Crippen molar-refractivity contribution in [3.8, 4) is 55.6 Å². The van der Waals surface area contributed by atoms with Crippen LogP contribution >= 0.6 is 11.3 Å². The maximum Gasteiger partial charge on any atom is 0.0467 e. The van der Waals surface area contributed by atoms with Gasteiger partial charge in [0, 0.05) is 42.6 Å². The van der Waals surface area contributed by atoms with Crippen LogP contribution in [0.1, 0.15) is 25.0 Å². The summed E-state index contributed by atoms with van der Waals surface area (Å²) in [6.07, 6.45) is 0. The fourth-order valence-corrected chi connectivity index (χ4v) is 10.5. The fourth-order valence-electron chi connectivity index (χ4n) is 9.34. The molecule has 1 heterocycles. The van der Waals surface area contributed by atoms with Crippen LogP contribution in [-0.2, 0) is 5.41 Å². The van der Waals surface area contributed by atoms with E-state index in [9.17, 15) is 0 Å². The molecule has 1 aliphatic carbocycles. The first-order chi connectivity index (χ1) is 29.0. The molecule has 0 N–H and O–H groups in total.